The van der Waals surface area contributed by atoms with Gasteiger partial charge in [0.1, 0.15) is 12.6 Å². The van der Waals surface area contributed by atoms with E-state index in [2.05, 4.69) is 22.8 Å². The van der Waals surface area contributed by atoms with Gasteiger partial charge in [-0.3, -0.25) is 9.59 Å². The quantitative estimate of drug-likeness (QED) is 0.593. The molecule has 3 N–H and O–H groups in total. The van der Waals surface area contributed by atoms with Crippen LogP contribution in [0.1, 0.15) is 50.2 Å². The zero-order chi connectivity index (χ0) is 23.5. The summed E-state index contributed by atoms with van der Waals surface area (Å²) >= 11 is 0. The molecular weight excluding hydrogens is 420 g/mol. The molecule has 2 aromatic carbocycles. The predicted octanol–water partition coefficient (Wildman–Crippen LogP) is 3.92. The van der Waals surface area contributed by atoms with E-state index in [1.165, 1.54) is 0 Å². The van der Waals surface area contributed by atoms with Crippen molar-refractivity contribution in [2.24, 2.45) is 11.8 Å². The molecule has 7 heteroatoms. The fourth-order valence-corrected chi connectivity index (χ4v) is 5.00. The van der Waals surface area contributed by atoms with Crippen molar-refractivity contribution in [2.75, 3.05) is 6.61 Å². The molecule has 4 rings (SSSR count). The van der Waals surface area contributed by atoms with Gasteiger partial charge in [-0.05, 0) is 41.0 Å². The normalized spacial score (nSPS) is 20.1. The molecule has 174 valence electrons. The van der Waals surface area contributed by atoms with Gasteiger partial charge in [-0.2, -0.15) is 0 Å². The highest BCUT2D eigenvalue weighted by molar-refractivity contribution is 5.87. The third-order valence-electron chi connectivity index (χ3n) is 6.73. The molecule has 0 aliphatic heterocycles. The van der Waals surface area contributed by atoms with Gasteiger partial charge in [0.2, 0.25) is 5.91 Å². The van der Waals surface area contributed by atoms with Gasteiger partial charge in [-0.15, -0.1) is 0 Å². The molecule has 1 saturated carbocycles. The Morgan fingerprint density at radius 1 is 1.00 bits per heavy atom. The molecule has 0 saturated heterocycles. The van der Waals surface area contributed by atoms with Crippen LogP contribution in [0.25, 0.3) is 11.1 Å². The molecule has 1 fully saturated rings. The number of carboxylic acids is 1. The van der Waals surface area contributed by atoms with Crippen molar-refractivity contribution in [1.29, 1.82) is 0 Å². The number of amides is 2. The molecule has 0 unspecified atom stereocenters. The number of fused-ring (bicyclic) bond motifs is 3. The maximum absolute atomic E-state index is 12.9. The van der Waals surface area contributed by atoms with E-state index >= 15 is 0 Å². The molecule has 7 nitrogen and oxygen atoms in total. The van der Waals surface area contributed by atoms with E-state index in [1.807, 2.05) is 50.2 Å². The van der Waals surface area contributed by atoms with Crippen LogP contribution in [0.15, 0.2) is 48.5 Å². The molecular formula is C26H30N2O5. The van der Waals surface area contributed by atoms with Crippen LogP contribution < -0.4 is 10.6 Å². The summed E-state index contributed by atoms with van der Waals surface area (Å²) in [5.41, 5.74) is 4.52. The number of carbonyl (C=O) groups is 3. The molecule has 2 aliphatic rings. The summed E-state index contributed by atoms with van der Waals surface area (Å²) in [6.07, 6.45) is 1.27. The molecule has 0 radical (unpaired) electrons. The summed E-state index contributed by atoms with van der Waals surface area (Å²) in [5.74, 6) is -2.12. The number of benzene rings is 2. The average molecular weight is 451 g/mol. The first-order chi connectivity index (χ1) is 15.9. The van der Waals surface area contributed by atoms with Crippen molar-refractivity contribution in [1.82, 2.24) is 10.6 Å². The van der Waals surface area contributed by atoms with Crippen LogP contribution in [0.5, 0.6) is 0 Å². The Kier molecular flexibility index (Phi) is 6.67. The molecule has 2 aromatic rings. The number of carboxylic acid groups (broad SMARTS) is 1. The van der Waals surface area contributed by atoms with Gasteiger partial charge in [0.05, 0.1) is 5.92 Å². The van der Waals surface area contributed by atoms with Gasteiger partial charge in [0.25, 0.3) is 0 Å². The van der Waals surface area contributed by atoms with E-state index in [0.717, 1.165) is 28.7 Å². The Morgan fingerprint density at radius 3 is 2.18 bits per heavy atom. The number of ether oxygens (including phenoxy) is 1. The number of hydrogen-bond acceptors (Lipinski definition) is 4. The van der Waals surface area contributed by atoms with Gasteiger partial charge in [-0.25, -0.2) is 4.79 Å². The molecule has 0 bridgehead atoms. The third-order valence-corrected chi connectivity index (χ3v) is 6.73. The van der Waals surface area contributed by atoms with E-state index < -0.39 is 30.1 Å². The summed E-state index contributed by atoms with van der Waals surface area (Å²) in [5, 5.41) is 14.9. The fourth-order valence-electron chi connectivity index (χ4n) is 5.00. The first kappa shape index (κ1) is 22.8. The van der Waals surface area contributed by atoms with Crippen molar-refractivity contribution < 1.29 is 24.2 Å². The maximum Gasteiger partial charge on any atom is 0.407 e. The average Bonchev–Trinajstić information content (AvgIpc) is 3.38. The first-order valence-electron chi connectivity index (χ1n) is 11.5. The van der Waals surface area contributed by atoms with Crippen LogP contribution in [0.2, 0.25) is 0 Å². The number of carbonyl (C=O) groups excluding carboxylic acids is 2. The van der Waals surface area contributed by atoms with Gasteiger partial charge in [0, 0.05) is 12.0 Å². The monoisotopic (exact) mass is 450 g/mol. The van der Waals surface area contributed by atoms with Crippen LogP contribution in [0, 0.1) is 11.8 Å². The highest BCUT2D eigenvalue weighted by atomic mass is 16.5. The molecule has 0 spiro atoms. The van der Waals surface area contributed by atoms with Gasteiger partial charge in [0.15, 0.2) is 0 Å². The molecule has 0 heterocycles. The van der Waals surface area contributed by atoms with Gasteiger partial charge < -0.3 is 20.5 Å². The maximum atomic E-state index is 12.9. The van der Waals surface area contributed by atoms with E-state index in [4.69, 9.17) is 4.74 Å². The lowest BCUT2D eigenvalue weighted by Gasteiger charge is -2.25. The van der Waals surface area contributed by atoms with Crippen LogP contribution >= 0.6 is 0 Å². The second kappa shape index (κ2) is 9.65. The highest BCUT2D eigenvalue weighted by Gasteiger charge is 2.36. The lowest BCUT2D eigenvalue weighted by molar-refractivity contribution is -0.142. The SMILES string of the molecule is CC(C)[C@@H](NC(=O)OCC1c2ccccc2-c2ccccc21)C(=O)N[C@H]1CCC[C@H]1C(=O)O. The highest BCUT2D eigenvalue weighted by Crippen LogP contribution is 2.44. The van der Waals surface area contributed by atoms with Gasteiger partial charge in [-0.1, -0.05) is 68.8 Å². The molecule has 2 aliphatic carbocycles. The fraction of sp³-hybridized carbons (Fsp3) is 0.423. The van der Waals surface area contributed by atoms with Gasteiger partial charge >= 0.3 is 12.1 Å². The van der Waals surface area contributed by atoms with Crippen LogP contribution in [0.3, 0.4) is 0 Å². The van der Waals surface area contributed by atoms with Crippen molar-refractivity contribution >= 4 is 18.0 Å². The number of alkyl carbamates (subject to hydrolysis) is 1. The standard InChI is InChI=1S/C26H30N2O5/c1-15(2)23(24(29)27-22-13-7-12-20(22)25(30)31)28-26(32)33-14-21-18-10-5-3-8-16(18)17-9-4-6-11-19(17)21/h3-6,8-11,15,20-23H,7,12-14H2,1-2H3,(H,27,29)(H,28,32)(H,30,31)/t20-,22+,23-/m1/s1. The van der Waals surface area contributed by atoms with E-state index in [9.17, 15) is 19.5 Å². The molecule has 3 atom stereocenters. The van der Waals surface area contributed by atoms with E-state index in [-0.39, 0.29) is 24.3 Å². The van der Waals surface area contributed by atoms with Crippen molar-refractivity contribution in [3.05, 3.63) is 59.7 Å². The minimum Gasteiger partial charge on any atom is -0.481 e. The zero-order valence-electron chi connectivity index (χ0n) is 18.9. The topological polar surface area (TPSA) is 105 Å². The van der Waals surface area contributed by atoms with Crippen LogP contribution in [-0.2, 0) is 14.3 Å². The summed E-state index contributed by atoms with van der Waals surface area (Å²) in [6, 6.07) is 15.0. The smallest absolute Gasteiger partial charge is 0.407 e. The summed E-state index contributed by atoms with van der Waals surface area (Å²) < 4.78 is 5.58. The Balaban J connectivity index is 1.39. The first-order valence-corrected chi connectivity index (χ1v) is 11.5. The minimum absolute atomic E-state index is 0.0655. The van der Waals surface area contributed by atoms with Crippen molar-refractivity contribution in [2.45, 2.75) is 51.1 Å². The largest absolute Gasteiger partial charge is 0.481 e. The van der Waals surface area contributed by atoms with E-state index in [0.29, 0.717) is 12.8 Å². The predicted molar refractivity (Wildman–Crippen MR) is 124 cm³/mol. The lowest BCUT2D eigenvalue weighted by atomic mass is 9.98. The summed E-state index contributed by atoms with van der Waals surface area (Å²) in [6.45, 7) is 3.82. The van der Waals surface area contributed by atoms with Crippen LogP contribution in [-0.4, -0.2) is 41.8 Å². The minimum atomic E-state index is -0.900. The Bertz CT molecular complexity index is 1000. The summed E-state index contributed by atoms with van der Waals surface area (Å²) in [4.78, 5) is 36.9. The van der Waals surface area contributed by atoms with Crippen molar-refractivity contribution in [3.63, 3.8) is 0 Å². The second-order valence-corrected chi connectivity index (χ2v) is 9.18. The Morgan fingerprint density at radius 2 is 1.61 bits per heavy atom. The Labute approximate surface area is 193 Å². The van der Waals surface area contributed by atoms with Crippen molar-refractivity contribution in [3.8, 4) is 11.1 Å². The zero-order valence-corrected chi connectivity index (χ0v) is 18.9. The van der Waals surface area contributed by atoms with Crippen LogP contribution in [0.4, 0.5) is 4.79 Å². The number of nitrogens with one attached hydrogen (secondary N) is 2. The second-order valence-electron chi connectivity index (χ2n) is 9.18. The summed E-state index contributed by atoms with van der Waals surface area (Å²) in [7, 11) is 0. The number of aliphatic carboxylic acids is 1. The van der Waals surface area contributed by atoms with E-state index in [1.54, 1.807) is 0 Å². The number of hydrogen-bond donors (Lipinski definition) is 3. The molecule has 2 amide bonds. The lowest BCUT2D eigenvalue weighted by Crippen LogP contribution is -2.53. The Hall–Kier alpha value is -3.35. The number of rotatable bonds is 7. The molecule has 0 aromatic heterocycles. The molecule has 33 heavy (non-hydrogen) atoms. The third kappa shape index (κ3) is 4.72.